The molecule has 2 nitrogen and oxygen atoms in total. The maximum absolute atomic E-state index is 12.2. The second-order valence-corrected chi connectivity index (χ2v) is 5.17. The van der Waals surface area contributed by atoms with Crippen molar-refractivity contribution in [2.24, 2.45) is 5.92 Å². The number of nitrogens with one attached hydrogen (secondary N) is 1. The molecule has 2 heteroatoms. The van der Waals surface area contributed by atoms with E-state index in [1.165, 1.54) is 17.5 Å². The van der Waals surface area contributed by atoms with Crippen molar-refractivity contribution < 1.29 is 4.79 Å². The zero-order valence-corrected chi connectivity index (χ0v) is 11.4. The Kier molecular flexibility index (Phi) is 4.40. The summed E-state index contributed by atoms with van der Waals surface area (Å²) in [6.45, 7) is 4.17. The van der Waals surface area contributed by atoms with E-state index in [9.17, 15) is 4.79 Å². The van der Waals surface area contributed by atoms with Gasteiger partial charge in [-0.3, -0.25) is 4.79 Å². The summed E-state index contributed by atoms with van der Waals surface area (Å²) in [5.74, 6) is 0.390. The summed E-state index contributed by atoms with van der Waals surface area (Å²) >= 11 is 0. The summed E-state index contributed by atoms with van der Waals surface area (Å²) in [5, 5.41) is 3.24. The molecular formula is C16H23NO. The van der Waals surface area contributed by atoms with Crippen molar-refractivity contribution in [1.82, 2.24) is 5.32 Å². The van der Waals surface area contributed by atoms with Gasteiger partial charge in [0, 0.05) is 5.92 Å². The molecule has 1 atom stereocenters. The lowest BCUT2D eigenvalue weighted by Gasteiger charge is -2.27. The van der Waals surface area contributed by atoms with Crippen molar-refractivity contribution >= 4 is 5.91 Å². The number of hydrogen-bond donors (Lipinski definition) is 1. The normalized spacial score (nSPS) is 18.5. The van der Waals surface area contributed by atoms with Crippen molar-refractivity contribution in [3.8, 4) is 0 Å². The minimum atomic E-state index is 0.166. The molecule has 18 heavy (non-hydrogen) atoms. The van der Waals surface area contributed by atoms with Gasteiger partial charge >= 0.3 is 0 Å². The topological polar surface area (TPSA) is 29.1 Å². The van der Waals surface area contributed by atoms with Crippen LogP contribution >= 0.6 is 0 Å². The van der Waals surface area contributed by atoms with Crippen LogP contribution in [0, 0.1) is 5.92 Å². The van der Waals surface area contributed by atoms with Gasteiger partial charge in [-0.15, -0.1) is 0 Å². The first-order valence-electron chi connectivity index (χ1n) is 7.14. The Balaban J connectivity index is 2.09. The van der Waals surface area contributed by atoms with Crippen LogP contribution in [0.2, 0.25) is 0 Å². The van der Waals surface area contributed by atoms with Crippen LogP contribution in [0.5, 0.6) is 0 Å². The van der Waals surface area contributed by atoms with E-state index in [1.807, 2.05) is 0 Å². The Morgan fingerprint density at radius 2 is 2.06 bits per heavy atom. The number of fused-ring (bicyclic) bond motifs is 1. The van der Waals surface area contributed by atoms with E-state index in [2.05, 4.69) is 43.4 Å². The van der Waals surface area contributed by atoms with E-state index in [-0.39, 0.29) is 17.9 Å². The van der Waals surface area contributed by atoms with Crippen LogP contribution in [0.15, 0.2) is 24.3 Å². The van der Waals surface area contributed by atoms with E-state index in [1.54, 1.807) is 0 Å². The molecule has 98 valence electrons. The highest BCUT2D eigenvalue weighted by Gasteiger charge is 2.23. The third-order valence-corrected chi connectivity index (χ3v) is 4.04. The van der Waals surface area contributed by atoms with E-state index < -0.39 is 0 Å². The molecule has 1 aromatic carbocycles. The predicted octanol–water partition coefficient (Wildman–Crippen LogP) is 3.62. The number of benzene rings is 1. The lowest BCUT2D eigenvalue weighted by Crippen LogP contribution is -2.35. The lowest BCUT2D eigenvalue weighted by atomic mass is 9.87. The summed E-state index contributed by atoms with van der Waals surface area (Å²) in [6, 6.07) is 8.73. The van der Waals surface area contributed by atoms with Crippen molar-refractivity contribution in [2.75, 3.05) is 0 Å². The maximum Gasteiger partial charge on any atom is 0.223 e. The molecule has 0 aromatic heterocycles. The Morgan fingerprint density at radius 3 is 2.78 bits per heavy atom. The van der Waals surface area contributed by atoms with Gasteiger partial charge in [0.15, 0.2) is 0 Å². The van der Waals surface area contributed by atoms with E-state index in [4.69, 9.17) is 0 Å². The average Bonchev–Trinajstić information content (AvgIpc) is 2.40. The molecule has 0 heterocycles. The molecule has 1 N–H and O–H groups in total. The van der Waals surface area contributed by atoms with Gasteiger partial charge in [0.2, 0.25) is 5.91 Å². The lowest BCUT2D eigenvalue weighted by molar-refractivity contribution is -0.126. The number of amides is 1. The monoisotopic (exact) mass is 245 g/mol. The molecular weight excluding hydrogens is 222 g/mol. The number of rotatable bonds is 4. The van der Waals surface area contributed by atoms with Gasteiger partial charge in [-0.1, -0.05) is 38.1 Å². The fraction of sp³-hybridized carbons (Fsp3) is 0.562. The smallest absolute Gasteiger partial charge is 0.223 e. The number of hydrogen-bond acceptors (Lipinski definition) is 1. The summed E-state index contributed by atoms with van der Waals surface area (Å²) in [6.07, 6.45) is 5.24. The van der Waals surface area contributed by atoms with Crippen LogP contribution in [0.1, 0.15) is 56.7 Å². The maximum atomic E-state index is 12.2. The first-order valence-corrected chi connectivity index (χ1v) is 7.14. The zero-order valence-electron chi connectivity index (χ0n) is 11.4. The second-order valence-electron chi connectivity index (χ2n) is 5.17. The largest absolute Gasteiger partial charge is 0.349 e. The molecule has 1 aromatic rings. The molecule has 0 fully saturated rings. The van der Waals surface area contributed by atoms with Gasteiger partial charge in [-0.05, 0) is 43.2 Å². The van der Waals surface area contributed by atoms with Gasteiger partial charge in [0.25, 0.3) is 0 Å². The minimum Gasteiger partial charge on any atom is -0.349 e. The fourth-order valence-electron chi connectivity index (χ4n) is 2.85. The summed E-state index contributed by atoms with van der Waals surface area (Å²) in [5.41, 5.74) is 2.72. The third-order valence-electron chi connectivity index (χ3n) is 4.04. The summed E-state index contributed by atoms with van der Waals surface area (Å²) in [7, 11) is 0. The highest BCUT2D eigenvalue weighted by molar-refractivity contribution is 5.79. The number of carbonyl (C=O) groups excluding carboxylic acids is 1. The Bertz CT molecular complexity index is 409. The standard InChI is InChI=1S/C16H23NO/c1-3-12(4-2)16(18)17-15-11-7-9-13-8-5-6-10-14(13)15/h5-6,8,10,12,15H,3-4,7,9,11H2,1-2H3,(H,17,18). The minimum absolute atomic E-state index is 0.166. The molecule has 0 spiro atoms. The Morgan fingerprint density at radius 1 is 1.33 bits per heavy atom. The van der Waals surface area contributed by atoms with E-state index in [0.29, 0.717) is 0 Å². The van der Waals surface area contributed by atoms with E-state index in [0.717, 1.165) is 25.7 Å². The van der Waals surface area contributed by atoms with Crippen molar-refractivity contribution in [2.45, 2.75) is 52.0 Å². The van der Waals surface area contributed by atoms with Gasteiger partial charge < -0.3 is 5.32 Å². The molecule has 1 amide bonds. The molecule has 1 aliphatic carbocycles. The third kappa shape index (κ3) is 2.74. The molecule has 0 radical (unpaired) electrons. The predicted molar refractivity (Wildman–Crippen MR) is 74.3 cm³/mol. The van der Waals surface area contributed by atoms with Crippen LogP contribution in [-0.4, -0.2) is 5.91 Å². The van der Waals surface area contributed by atoms with Gasteiger partial charge in [-0.25, -0.2) is 0 Å². The molecule has 1 unspecified atom stereocenters. The molecule has 0 saturated heterocycles. The Labute approximate surface area is 110 Å². The van der Waals surface area contributed by atoms with Gasteiger partial charge in [0.1, 0.15) is 0 Å². The molecule has 0 bridgehead atoms. The molecule has 0 aliphatic heterocycles. The van der Waals surface area contributed by atoms with Crippen molar-refractivity contribution in [3.05, 3.63) is 35.4 Å². The fourth-order valence-corrected chi connectivity index (χ4v) is 2.85. The van der Waals surface area contributed by atoms with Gasteiger partial charge in [0.05, 0.1) is 6.04 Å². The van der Waals surface area contributed by atoms with Crippen molar-refractivity contribution in [1.29, 1.82) is 0 Å². The van der Waals surface area contributed by atoms with Crippen LogP contribution < -0.4 is 5.32 Å². The van der Waals surface area contributed by atoms with Crippen molar-refractivity contribution in [3.63, 3.8) is 0 Å². The highest BCUT2D eigenvalue weighted by Crippen LogP contribution is 2.29. The average molecular weight is 245 g/mol. The van der Waals surface area contributed by atoms with Crippen LogP contribution in [-0.2, 0) is 11.2 Å². The molecule has 0 saturated carbocycles. The van der Waals surface area contributed by atoms with Crippen LogP contribution in [0.3, 0.4) is 0 Å². The van der Waals surface area contributed by atoms with Crippen LogP contribution in [0.4, 0.5) is 0 Å². The number of carbonyl (C=O) groups is 1. The van der Waals surface area contributed by atoms with Gasteiger partial charge in [-0.2, -0.15) is 0 Å². The highest BCUT2D eigenvalue weighted by atomic mass is 16.1. The Hall–Kier alpha value is -1.31. The first-order chi connectivity index (χ1) is 8.76. The SMILES string of the molecule is CCC(CC)C(=O)NC1CCCc2ccccc21. The number of aryl methyl sites for hydroxylation is 1. The zero-order chi connectivity index (χ0) is 13.0. The summed E-state index contributed by atoms with van der Waals surface area (Å²) < 4.78 is 0. The molecule has 2 rings (SSSR count). The first kappa shape index (κ1) is 13.1. The molecule has 1 aliphatic rings. The van der Waals surface area contributed by atoms with E-state index >= 15 is 0 Å². The van der Waals surface area contributed by atoms with Crippen LogP contribution in [0.25, 0.3) is 0 Å². The second kappa shape index (κ2) is 6.03. The summed E-state index contributed by atoms with van der Waals surface area (Å²) in [4.78, 5) is 12.2. The quantitative estimate of drug-likeness (QED) is 0.862.